The van der Waals surface area contributed by atoms with Crippen molar-refractivity contribution in [1.29, 1.82) is 0 Å². The average Bonchev–Trinajstić information content (AvgIpc) is 2.90. The molecule has 1 fully saturated rings. The van der Waals surface area contributed by atoms with E-state index in [1.54, 1.807) is 10.9 Å². The van der Waals surface area contributed by atoms with E-state index in [1.807, 2.05) is 0 Å². The fourth-order valence-electron chi connectivity index (χ4n) is 1.30. The van der Waals surface area contributed by atoms with Gasteiger partial charge in [-0.3, -0.25) is 0 Å². The lowest BCUT2D eigenvalue weighted by molar-refractivity contribution is -0.390. The maximum absolute atomic E-state index is 10.5. The van der Waals surface area contributed by atoms with Gasteiger partial charge in [0.1, 0.15) is 4.47 Å². The van der Waals surface area contributed by atoms with Crippen molar-refractivity contribution in [3.63, 3.8) is 0 Å². The molecule has 0 bridgehead atoms. The lowest BCUT2D eigenvalue weighted by Gasteiger charge is -1.98. The van der Waals surface area contributed by atoms with E-state index in [9.17, 15) is 10.1 Å². The van der Waals surface area contributed by atoms with Crippen molar-refractivity contribution in [3.05, 3.63) is 20.8 Å². The first-order valence-corrected chi connectivity index (χ1v) is 5.57. The molecule has 1 heterocycles. The van der Waals surface area contributed by atoms with Crippen molar-refractivity contribution in [1.82, 2.24) is 15.1 Å². The molecule has 0 amide bonds. The van der Waals surface area contributed by atoms with Crippen molar-refractivity contribution in [2.45, 2.75) is 25.4 Å². The number of aromatic nitrogens is 2. The monoisotopic (exact) mass is 274 g/mol. The number of rotatable bonds is 5. The molecule has 1 aromatic heterocycles. The summed E-state index contributed by atoms with van der Waals surface area (Å²) < 4.78 is 2.01. The van der Waals surface area contributed by atoms with Crippen LogP contribution in [-0.2, 0) is 6.54 Å². The number of nitrogens with one attached hydrogen (secondary N) is 1. The summed E-state index contributed by atoms with van der Waals surface area (Å²) >= 11 is 3.11. The summed E-state index contributed by atoms with van der Waals surface area (Å²) in [6, 6.07) is 0.652. The van der Waals surface area contributed by atoms with Crippen LogP contribution in [0.15, 0.2) is 10.7 Å². The third kappa shape index (κ3) is 2.75. The summed E-state index contributed by atoms with van der Waals surface area (Å²) in [5, 5.41) is 17.7. The second-order valence-corrected chi connectivity index (χ2v) is 4.40. The van der Waals surface area contributed by atoms with Gasteiger partial charge in [-0.05, 0) is 33.7 Å². The Bertz CT molecular complexity index is 375. The molecule has 6 nitrogen and oxygen atoms in total. The molecule has 0 atom stereocenters. The summed E-state index contributed by atoms with van der Waals surface area (Å²) in [4.78, 5) is 10.0. The Labute approximate surface area is 94.9 Å². The first kappa shape index (κ1) is 10.6. The number of hydrogen-bond acceptors (Lipinski definition) is 4. The average molecular weight is 275 g/mol. The van der Waals surface area contributed by atoms with E-state index in [4.69, 9.17) is 0 Å². The molecule has 1 aliphatic carbocycles. The van der Waals surface area contributed by atoms with Gasteiger partial charge in [-0.2, -0.15) is 4.68 Å². The van der Waals surface area contributed by atoms with Gasteiger partial charge in [-0.1, -0.05) is 0 Å². The highest BCUT2D eigenvalue weighted by atomic mass is 79.9. The highest BCUT2D eigenvalue weighted by Gasteiger charge is 2.21. The Kier molecular flexibility index (Phi) is 3.01. The number of nitro groups is 1. The van der Waals surface area contributed by atoms with Crippen molar-refractivity contribution >= 4 is 21.7 Å². The van der Waals surface area contributed by atoms with Crippen LogP contribution in [0.4, 0.5) is 5.82 Å². The van der Waals surface area contributed by atoms with Gasteiger partial charge in [0.05, 0.1) is 17.8 Å². The molecule has 0 aliphatic heterocycles. The van der Waals surface area contributed by atoms with Gasteiger partial charge in [0.2, 0.25) is 0 Å². The van der Waals surface area contributed by atoms with E-state index in [0.717, 1.165) is 6.54 Å². The van der Waals surface area contributed by atoms with Gasteiger partial charge in [-0.15, -0.1) is 0 Å². The first-order chi connectivity index (χ1) is 7.16. The lowest BCUT2D eigenvalue weighted by atomic mass is 10.5. The van der Waals surface area contributed by atoms with Gasteiger partial charge in [0, 0.05) is 12.6 Å². The quantitative estimate of drug-likeness (QED) is 0.649. The van der Waals surface area contributed by atoms with Crippen molar-refractivity contribution in [2.75, 3.05) is 6.54 Å². The Morgan fingerprint density at radius 3 is 3.00 bits per heavy atom. The molecule has 1 aromatic rings. The zero-order chi connectivity index (χ0) is 10.8. The maximum atomic E-state index is 10.5. The standard InChI is InChI=1S/C8H11BrN4O2/c9-7-5-12(11-8(7)13(14)15)4-3-10-6-1-2-6/h5-6,10H,1-4H2. The predicted octanol–water partition coefficient (Wildman–Crippen LogP) is 1.31. The van der Waals surface area contributed by atoms with E-state index in [1.165, 1.54) is 12.8 Å². The number of halogens is 1. The van der Waals surface area contributed by atoms with Gasteiger partial charge in [0.15, 0.2) is 0 Å². The molecular formula is C8H11BrN4O2. The lowest BCUT2D eigenvalue weighted by Crippen LogP contribution is -2.22. The molecule has 1 saturated carbocycles. The molecule has 7 heteroatoms. The van der Waals surface area contributed by atoms with Crippen LogP contribution in [0.25, 0.3) is 0 Å². The van der Waals surface area contributed by atoms with E-state index in [2.05, 4.69) is 26.3 Å². The minimum absolute atomic E-state index is 0.124. The molecular weight excluding hydrogens is 264 g/mol. The van der Waals surface area contributed by atoms with Crippen LogP contribution in [0.1, 0.15) is 12.8 Å². The molecule has 15 heavy (non-hydrogen) atoms. The third-order valence-electron chi connectivity index (χ3n) is 2.22. The summed E-state index contributed by atoms with van der Waals surface area (Å²) in [5.41, 5.74) is 0. The normalized spacial score (nSPS) is 15.5. The summed E-state index contributed by atoms with van der Waals surface area (Å²) in [7, 11) is 0. The molecule has 0 aromatic carbocycles. The summed E-state index contributed by atoms with van der Waals surface area (Å²) in [6.45, 7) is 1.46. The van der Waals surface area contributed by atoms with E-state index >= 15 is 0 Å². The highest BCUT2D eigenvalue weighted by molar-refractivity contribution is 9.10. The minimum atomic E-state index is -0.491. The summed E-state index contributed by atoms with van der Waals surface area (Å²) in [5.74, 6) is -0.124. The largest absolute Gasteiger partial charge is 0.404 e. The summed E-state index contributed by atoms with van der Waals surface area (Å²) in [6.07, 6.45) is 4.11. The third-order valence-corrected chi connectivity index (χ3v) is 2.78. The Balaban J connectivity index is 1.89. The Morgan fingerprint density at radius 2 is 2.47 bits per heavy atom. The van der Waals surface area contributed by atoms with Crippen LogP contribution in [-0.4, -0.2) is 27.3 Å². The predicted molar refractivity (Wildman–Crippen MR) is 57.6 cm³/mol. The van der Waals surface area contributed by atoms with Gasteiger partial charge in [0.25, 0.3) is 0 Å². The molecule has 0 radical (unpaired) electrons. The molecule has 2 rings (SSSR count). The Hall–Kier alpha value is -0.950. The van der Waals surface area contributed by atoms with Gasteiger partial charge >= 0.3 is 5.82 Å². The molecule has 0 saturated heterocycles. The fourth-order valence-corrected chi connectivity index (χ4v) is 1.76. The van der Waals surface area contributed by atoms with Crippen molar-refractivity contribution < 1.29 is 4.92 Å². The van der Waals surface area contributed by atoms with Crippen molar-refractivity contribution in [2.24, 2.45) is 0 Å². The van der Waals surface area contributed by atoms with Crippen LogP contribution < -0.4 is 5.32 Å². The van der Waals surface area contributed by atoms with Crippen LogP contribution in [0.2, 0.25) is 0 Å². The topological polar surface area (TPSA) is 73.0 Å². The van der Waals surface area contributed by atoms with Crippen molar-refractivity contribution in [3.8, 4) is 0 Å². The second-order valence-electron chi connectivity index (χ2n) is 3.55. The highest BCUT2D eigenvalue weighted by Crippen LogP contribution is 2.22. The molecule has 1 N–H and O–H groups in total. The second kappa shape index (κ2) is 4.28. The van der Waals surface area contributed by atoms with E-state index < -0.39 is 4.92 Å². The number of nitrogens with zero attached hydrogens (tertiary/aromatic N) is 3. The number of hydrogen-bond donors (Lipinski definition) is 1. The molecule has 0 spiro atoms. The van der Waals surface area contributed by atoms with E-state index in [-0.39, 0.29) is 5.82 Å². The fraction of sp³-hybridized carbons (Fsp3) is 0.625. The zero-order valence-electron chi connectivity index (χ0n) is 8.02. The molecule has 1 aliphatic rings. The SMILES string of the molecule is O=[N+]([O-])c1nn(CCNC2CC2)cc1Br. The Morgan fingerprint density at radius 1 is 1.73 bits per heavy atom. The van der Waals surface area contributed by atoms with Crippen LogP contribution in [0, 0.1) is 10.1 Å². The molecule has 82 valence electrons. The van der Waals surface area contributed by atoms with Crippen LogP contribution in [0.5, 0.6) is 0 Å². The maximum Gasteiger partial charge on any atom is 0.404 e. The van der Waals surface area contributed by atoms with Crippen LogP contribution >= 0.6 is 15.9 Å². The zero-order valence-corrected chi connectivity index (χ0v) is 9.61. The first-order valence-electron chi connectivity index (χ1n) is 4.77. The van der Waals surface area contributed by atoms with E-state index in [0.29, 0.717) is 17.1 Å². The van der Waals surface area contributed by atoms with Crippen LogP contribution in [0.3, 0.4) is 0 Å². The van der Waals surface area contributed by atoms with Gasteiger partial charge in [-0.25, -0.2) is 0 Å². The van der Waals surface area contributed by atoms with Gasteiger partial charge < -0.3 is 15.4 Å². The smallest absolute Gasteiger partial charge is 0.358 e. The molecule has 0 unspecified atom stereocenters. The minimum Gasteiger partial charge on any atom is -0.358 e.